The summed E-state index contributed by atoms with van der Waals surface area (Å²) >= 11 is 13.5. The van der Waals surface area contributed by atoms with Gasteiger partial charge in [-0.2, -0.15) is 0 Å². The number of aromatic nitrogens is 1. The molecule has 0 amide bonds. The summed E-state index contributed by atoms with van der Waals surface area (Å²) in [5.41, 5.74) is 1.02. The van der Waals surface area contributed by atoms with Crippen LogP contribution in [-0.4, -0.2) is 10.1 Å². The zero-order valence-electron chi connectivity index (χ0n) is 13.9. The number of rotatable bonds is 3. The molecule has 134 valence electrons. The number of H-pyrrole nitrogens is 1. The molecule has 0 aliphatic carbocycles. The molecular formula is C21H13Cl2NO2S. The van der Waals surface area contributed by atoms with Gasteiger partial charge in [-0.1, -0.05) is 47.1 Å². The Kier molecular flexibility index (Phi) is 4.87. The highest BCUT2D eigenvalue weighted by Crippen LogP contribution is 2.36. The van der Waals surface area contributed by atoms with Crippen molar-refractivity contribution in [2.75, 3.05) is 0 Å². The van der Waals surface area contributed by atoms with Crippen LogP contribution >= 0.6 is 35.0 Å². The number of aromatic amines is 1. The van der Waals surface area contributed by atoms with E-state index >= 15 is 0 Å². The third kappa shape index (κ3) is 3.69. The summed E-state index contributed by atoms with van der Waals surface area (Å²) in [4.78, 5) is 17.4. The van der Waals surface area contributed by atoms with Gasteiger partial charge in [0.2, 0.25) is 0 Å². The number of hydrogen-bond donors (Lipinski definition) is 2. The molecule has 1 heterocycles. The maximum Gasteiger partial charge on any atom is 0.260 e. The molecule has 3 aromatic carbocycles. The highest BCUT2D eigenvalue weighted by Gasteiger charge is 2.14. The molecule has 0 atom stereocenters. The lowest BCUT2D eigenvalue weighted by Crippen LogP contribution is -2.09. The van der Waals surface area contributed by atoms with Crippen molar-refractivity contribution in [2.24, 2.45) is 0 Å². The maximum atomic E-state index is 12.6. The van der Waals surface area contributed by atoms with Gasteiger partial charge in [0.05, 0.1) is 11.1 Å². The van der Waals surface area contributed by atoms with E-state index in [0.29, 0.717) is 26.5 Å². The predicted octanol–water partition coefficient (Wildman–Crippen LogP) is 6.36. The standard InChI is InChI=1S/C21H13Cl2NO2S/c22-13-4-7-15(8-5-13)27-16-3-1-2-12(10-16)19-20(25)17-9-6-14(23)11-18(17)24-21(19)26/h1-11H,(H2,24,25,26). The summed E-state index contributed by atoms with van der Waals surface area (Å²) in [5.74, 6) is -0.0564. The monoisotopic (exact) mass is 413 g/mol. The molecule has 1 aromatic heterocycles. The Morgan fingerprint density at radius 1 is 0.852 bits per heavy atom. The third-order valence-electron chi connectivity index (χ3n) is 4.12. The first-order chi connectivity index (χ1) is 13.0. The van der Waals surface area contributed by atoms with E-state index < -0.39 is 0 Å². The number of benzene rings is 3. The zero-order valence-corrected chi connectivity index (χ0v) is 16.2. The van der Waals surface area contributed by atoms with Crippen molar-refractivity contribution in [3.63, 3.8) is 0 Å². The van der Waals surface area contributed by atoms with Gasteiger partial charge in [0.15, 0.2) is 0 Å². The fourth-order valence-electron chi connectivity index (χ4n) is 2.88. The van der Waals surface area contributed by atoms with Gasteiger partial charge in [0.1, 0.15) is 5.75 Å². The van der Waals surface area contributed by atoms with Crippen LogP contribution in [0.5, 0.6) is 5.75 Å². The second-order valence-electron chi connectivity index (χ2n) is 5.95. The van der Waals surface area contributed by atoms with Crippen LogP contribution in [0.25, 0.3) is 22.0 Å². The Balaban J connectivity index is 1.78. The van der Waals surface area contributed by atoms with Gasteiger partial charge in [-0.25, -0.2) is 0 Å². The van der Waals surface area contributed by atoms with Crippen LogP contribution in [0.2, 0.25) is 10.0 Å². The Labute approximate surface area is 169 Å². The fraction of sp³-hybridized carbons (Fsp3) is 0. The summed E-state index contributed by atoms with van der Waals surface area (Å²) in [7, 11) is 0. The second-order valence-corrected chi connectivity index (χ2v) is 7.97. The van der Waals surface area contributed by atoms with Crippen LogP contribution in [0.1, 0.15) is 0 Å². The third-order valence-corrected chi connectivity index (χ3v) is 5.61. The summed E-state index contributed by atoms with van der Waals surface area (Å²) < 4.78 is 0. The number of aromatic hydroxyl groups is 1. The van der Waals surface area contributed by atoms with Crippen molar-refractivity contribution in [3.8, 4) is 16.9 Å². The van der Waals surface area contributed by atoms with Gasteiger partial charge < -0.3 is 10.1 Å². The maximum absolute atomic E-state index is 12.6. The van der Waals surface area contributed by atoms with Gasteiger partial charge in [0, 0.05) is 25.2 Å². The molecular weight excluding hydrogens is 401 g/mol. The lowest BCUT2D eigenvalue weighted by molar-refractivity contribution is 0.482. The van der Waals surface area contributed by atoms with E-state index in [9.17, 15) is 9.90 Å². The van der Waals surface area contributed by atoms with Crippen LogP contribution in [-0.2, 0) is 0 Å². The molecule has 0 fully saturated rings. The molecule has 0 saturated carbocycles. The van der Waals surface area contributed by atoms with Crippen LogP contribution in [0.4, 0.5) is 0 Å². The van der Waals surface area contributed by atoms with Gasteiger partial charge >= 0.3 is 0 Å². The predicted molar refractivity (Wildman–Crippen MR) is 112 cm³/mol. The Bertz CT molecular complexity index is 1200. The van der Waals surface area contributed by atoms with Crippen molar-refractivity contribution in [2.45, 2.75) is 9.79 Å². The topological polar surface area (TPSA) is 53.1 Å². The summed E-state index contributed by atoms with van der Waals surface area (Å²) in [6, 6.07) is 20.0. The Hall–Kier alpha value is -2.40. The molecule has 0 aliphatic heterocycles. The first kappa shape index (κ1) is 18.0. The van der Waals surface area contributed by atoms with Gasteiger partial charge in [-0.15, -0.1) is 0 Å². The fourth-order valence-corrected chi connectivity index (χ4v) is 4.05. The first-order valence-electron chi connectivity index (χ1n) is 8.09. The van der Waals surface area contributed by atoms with Crippen molar-refractivity contribution in [3.05, 3.63) is 87.1 Å². The molecule has 0 aliphatic rings. The molecule has 0 radical (unpaired) electrons. The quantitative estimate of drug-likeness (QED) is 0.410. The number of pyridine rings is 1. The average molecular weight is 414 g/mol. The molecule has 3 nitrogen and oxygen atoms in total. The van der Waals surface area contributed by atoms with Crippen LogP contribution in [0.15, 0.2) is 81.3 Å². The lowest BCUT2D eigenvalue weighted by Gasteiger charge is -2.09. The van der Waals surface area contributed by atoms with Gasteiger partial charge in [-0.05, 0) is 60.2 Å². The van der Waals surface area contributed by atoms with Crippen molar-refractivity contribution in [1.82, 2.24) is 4.98 Å². The lowest BCUT2D eigenvalue weighted by atomic mass is 10.0. The van der Waals surface area contributed by atoms with Crippen molar-refractivity contribution < 1.29 is 5.11 Å². The molecule has 4 aromatic rings. The van der Waals surface area contributed by atoms with Crippen LogP contribution in [0.3, 0.4) is 0 Å². The summed E-state index contributed by atoms with van der Waals surface area (Å²) in [6.07, 6.45) is 0. The first-order valence-corrected chi connectivity index (χ1v) is 9.67. The molecule has 0 bridgehead atoms. The SMILES string of the molecule is O=c1[nH]c2cc(Cl)ccc2c(O)c1-c1cccc(Sc2ccc(Cl)cc2)c1. The van der Waals surface area contributed by atoms with E-state index in [0.717, 1.165) is 9.79 Å². The van der Waals surface area contributed by atoms with E-state index in [1.807, 2.05) is 42.5 Å². The van der Waals surface area contributed by atoms with E-state index in [4.69, 9.17) is 23.2 Å². The molecule has 0 saturated heterocycles. The normalized spacial score (nSPS) is 11.0. The zero-order chi connectivity index (χ0) is 19.0. The number of nitrogens with one attached hydrogen (secondary N) is 1. The highest BCUT2D eigenvalue weighted by molar-refractivity contribution is 7.99. The van der Waals surface area contributed by atoms with E-state index in [-0.39, 0.29) is 16.9 Å². The van der Waals surface area contributed by atoms with Crippen LogP contribution in [0, 0.1) is 0 Å². The Morgan fingerprint density at radius 3 is 2.37 bits per heavy atom. The van der Waals surface area contributed by atoms with E-state index in [1.165, 1.54) is 0 Å². The average Bonchev–Trinajstić information content (AvgIpc) is 2.64. The molecule has 27 heavy (non-hydrogen) atoms. The van der Waals surface area contributed by atoms with Gasteiger partial charge in [0.25, 0.3) is 5.56 Å². The molecule has 6 heteroatoms. The van der Waals surface area contributed by atoms with Crippen LogP contribution < -0.4 is 5.56 Å². The minimum absolute atomic E-state index is 0.0564. The number of hydrogen-bond acceptors (Lipinski definition) is 3. The largest absolute Gasteiger partial charge is 0.506 e. The molecule has 0 unspecified atom stereocenters. The second kappa shape index (κ2) is 7.31. The van der Waals surface area contributed by atoms with E-state index in [1.54, 1.807) is 36.0 Å². The number of fused-ring (bicyclic) bond motifs is 1. The Morgan fingerprint density at radius 2 is 1.59 bits per heavy atom. The van der Waals surface area contributed by atoms with Gasteiger partial charge in [-0.3, -0.25) is 4.79 Å². The molecule has 4 rings (SSSR count). The minimum atomic E-state index is -0.365. The smallest absolute Gasteiger partial charge is 0.260 e. The minimum Gasteiger partial charge on any atom is -0.506 e. The summed E-state index contributed by atoms with van der Waals surface area (Å²) in [5, 5.41) is 12.4. The van der Waals surface area contributed by atoms with Crippen molar-refractivity contribution in [1.29, 1.82) is 0 Å². The number of halogens is 2. The van der Waals surface area contributed by atoms with Crippen molar-refractivity contribution >= 4 is 45.9 Å². The molecule has 0 spiro atoms. The summed E-state index contributed by atoms with van der Waals surface area (Å²) in [6.45, 7) is 0. The van der Waals surface area contributed by atoms with E-state index in [2.05, 4.69) is 4.98 Å². The highest BCUT2D eigenvalue weighted by atomic mass is 35.5. The molecule has 2 N–H and O–H groups in total.